The molecule has 1 aliphatic rings. The van der Waals surface area contributed by atoms with Crippen molar-refractivity contribution in [1.29, 1.82) is 0 Å². The average Bonchev–Trinajstić information content (AvgIpc) is 2.73. The number of nitrogens with zero attached hydrogens (tertiary/aromatic N) is 1. The van der Waals surface area contributed by atoms with Crippen molar-refractivity contribution < 1.29 is 19.0 Å². The minimum atomic E-state index is -0.973. The number of hydrogen-bond donors (Lipinski definition) is 1. The van der Waals surface area contributed by atoms with E-state index in [-0.39, 0.29) is 18.5 Å². The van der Waals surface area contributed by atoms with Crippen LogP contribution in [0, 0.1) is 5.82 Å². The Morgan fingerprint density at radius 3 is 2.90 bits per heavy atom. The summed E-state index contributed by atoms with van der Waals surface area (Å²) >= 11 is 1.40. The Kier molecular flexibility index (Phi) is 3.55. The molecule has 0 fully saturated rings. The standard InChI is InChI=1S/C15H14FNO3S/c1-9-6-17(15(18)19)7-13-14(20-9)11(8-21-13)10-4-2-3-5-12(10)16/h2-5,8-9H,6-7H2,1H3,(H,18,19)/t9-/m0/s1. The first kappa shape index (κ1) is 13.9. The van der Waals surface area contributed by atoms with Gasteiger partial charge in [0.15, 0.2) is 0 Å². The number of fused-ring (bicyclic) bond motifs is 1. The van der Waals surface area contributed by atoms with Crippen molar-refractivity contribution >= 4 is 17.4 Å². The van der Waals surface area contributed by atoms with Crippen molar-refractivity contribution in [1.82, 2.24) is 4.90 Å². The van der Waals surface area contributed by atoms with Crippen LogP contribution in [-0.4, -0.2) is 28.7 Å². The summed E-state index contributed by atoms with van der Waals surface area (Å²) in [5.41, 5.74) is 1.16. The molecule has 0 radical (unpaired) electrons. The Hall–Kier alpha value is -2.08. The molecule has 0 unspecified atom stereocenters. The Morgan fingerprint density at radius 1 is 1.43 bits per heavy atom. The summed E-state index contributed by atoms with van der Waals surface area (Å²) in [6.07, 6.45) is -1.25. The SMILES string of the molecule is C[C@H]1CN(C(=O)O)Cc2scc(-c3ccccc3F)c2O1. The largest absolute Gasteiger partial charge is 0.487 e. The van der Waals surface area contributed by atoms with Crippen LogP contribution >= 0.6 is 11.3 Å². The van der Waals surface area contributed by atoms with Gasteiger partial charge in [0.25, 0.3) is 0 Å². The van der Waals surface area contributed by atoms with Gasteiger partial charge in [-0.2, -0.15) is 0 Å². The maximum atomic E-state index is 14.0. The minimum absolute atomic E-state index is 0.272. The molecule has 1 aromatic heterocycles. The highest BCUT2D eigenvalue weighted by Crippen LogP contribution is 2.41. The fraction of sp³-hybridized carbons (Fsp3) is 0.267. The van der Waals surface area contributed by atoms with E-state index in [0.29, 0.717) is 23.4 Å². The fourth-order valence-electron chi connectivity index (χ4n) is 2.42. The fourth-order valence-corrected chi connectivity index (χ4v) is 3.41. The third-order valence-electron chi connectivity index (χ3n) is 3.38. The molecule has 4 nitrogen and oxygen atoms in total. The van der Waals surface area contributed by atoms with E-state index in [9.17, 15) is 14.3 Å². The number of rotatable bonds is 1. The van der Waals surface area contributed by atoms with Gasteiger partial charge >= 0.3 is 6.09 Å². The van der Waals surface area contributed by atoms with Crippen molar-refractivity contribution in [2.45, 2.75) is 19.6 Å². The number of halogens is 1. The second kappa shape index (κ2) is 5.37. The maximum absolute atomic E-state index is 14.0. The molecule has 3 rings (SSSR count). The van der Waals surface area contributed by atoms with Crippen molar-refractivity contribution in [2.24, 2.45) is 0 Å². The summed E-state index contributed by atoms with van der Waals surface area (Å²) in [6.45, 7) is 2.38. The van der Waals surface area contributed by atoms with Crippen LogP contribution in [0.2, 0.25) is 0 Å². The number of carboxylic acid groups (broad SMARTS) is 1. The van der Waals surface area contributed by atoms with E-state index in [1.54, 1.807) is 18.2 Å². The van der Waals surface area contributed by atoms with E-state index in [1.807, 2.05) is 12.3 Å². The van der Waals surface area contributed by atoms with Crippen molar-refractivity contribution in [2.75, 3.05) is 6.54 Å². The number of benzene rings is 1. The number of ether oxygens (including phenoxy) is 1. The molecule has 110 valence electrons. The van der Waals surface area contributed by atoms with Crippen LogP contribution in [0.1, 0.15) is 11.8 Å². The number of carbonyl (C=O) groups is 1. The van der Waals surface area contributed by atoms with Gasteiger partial charge in [-0.15, -0.1) is 11.3 Å². The summed E-state index contributed by atoms with van der Waals surface area (Å²) in [6, 6.07) is 6.51. The highest BCUT2D eigenvalue weighted by atomic mass is 32.1. The molecule has 1 aromatic carbocycles. The van der Waals surface area contributed by atoms with Gasteiger partial charge in [-0.3, -0.25) is 4.90 Å². The van der Waals surface area contributed by atoms with Gasteiger partial charge < -0.3 is 9.84 Å². The van der Waals surface area contributed by atoms with Crippen LogP contribution < -0.4 is 4.74 Å². The molecule has 1 N–H and O–H groups in total. The summed E-state index contributed by atoms with van der Waals surface area (Å²) in [4.78, 5) is 13.3. The molecule has 0 saturated heterocycles. The summed E-state index contributed by atoms with van der Waals surface area (Å²) in [5, 5.41) is 11.0. The van der Waals surface area contributed by atoms with E-state index >= 15 is 0 Å². The van der Waals surface area contributed by atoms with Crippen LogP contribution in [-0.2, 0) is 6.54 Å². The first-order valence-electron chi connectivity index (χ1n) is 6.56. The van der Waals surface area contributed by atoms with Gasteiger partial charge in [0.05, 0.1) is 18.0 Å². The van der Waals surface area contributed by atoms with E-state index in [0.717, 1.165) is 4.88 Å². The highest BCUT2D eigenvalue weighted by molar-refractivity contribution is 7.10. The second-order valence-corrected chi connectivity index (χ2v) is 5.94. The quantitative estimate of drug-likeness (QED) is 0.871. The lowest BCUT2D eigenvalue weighted by molar-refractivity contribution is 0.121. The number of hydrogen-bond acceptors (Lipinski definition) is 3. The number of amides is 1. The van der Waals surface area contributed by atoms with Crippen LogP contribution in [0.5, 0.6) is 5.75 Å². The van der Waals surface area contributed by atoms with Gasteiger partial charge in [0.1, 0.15) is 17.7 Å². The van der Waals surface area contributed by atoms with Gasteiger partial charge in [0.2, 0.25) is 0 Å². The van der Waals surface area contributed by atoms with Crippen LogP contribution in [0.4, 0.5) is 9.18 Å². The lowest BCUT2D eigenvalue weighted by atomic mass is 10.1. The first-order valence-corrected chi connectivity index (χ1v) is 7.44. The van der Waals surface area contributed by atoms with Gasteiger partial charge in [0, 0.05) is 16.5 Å². The van der Waals surface area contributed by atoms with E-state index in [2.05, 4.69) is 0 Å². The minimum Gasteiger partial charge on any atom is -0.487 e. The van der Waals surface area contributed by atoms with Crippen LogP contribution in [0.3, 0.4) is 0 Å². The van der Waals surface area contributed by atoms with Gasteiger partial charge in [-0.25, -0.2) is 9.18 Å². The molecule has 2 heterocycles. The molecular weight excluding hydrogens is 293 g/mol. The lowest BCUT2D eigenvalue weighted by Crippen LogP contribution is -2.34. The predicted octanol–water partition coefficient (Wildman–Crippen LogP) is 3.82. The zero-order valence-electron chi connectivity index (χ0n) is 11.4. The highest BCUT2D eigenvalue weighted by Gasteiger charge is 2.27. The maximum Gasteiger partial charge on any atom is 0.407 e. The topological polar surface area (TPSA) is 49.8 Å². The summed E-state index contributed by atoms with van der Waals surface area (Å²) < 4.78 is 19.8. The first-order chi connectivity index (χ1) is 10.1. The zero-order chi connectivity index (χ0) is 15.0. The molecule has 0 aliphatic carbocycles. The lowest BCUT2D eigenvalue weighted by Gasteiger charge is -2.18. The summed E-state index contributed by atoms with van der Waals surface area (Å²) in [5.74, 6) is 0.287. The molecule has 1 atom stereocenters. The van der Waals surface area contributed by atoms with Crippen molar-refractivity contribution in [3.8, 4) is 16.9 Å². The average molecular weight is 307 g/mol. The predicted molar refractivity (Wildman–Crippen MR) is 78.2 cm³/mol. The van der Waals surface area contributed by atoms with E-state index in [4.69, 9.17) is 4.74 Å². The molecule has 1 aliphatic heterocycles. The summed E-state index contributed by atoms with van der Waals surface area (Å²) in [7, 11) is 0. The molecular formula is C15H14FNO3S. The molecule has 0 spiro atoms. The Morgan fingerprint density at radius 2 is 2.19 bits per heavy atom. The van der Waals surface area contributed by atoms with E-state index in [1.165, 1.54) is 22.3 Å². The molecule has 0 bridgehead atoms. The molecule has 0 saturated carbocycles. The Labute approximate surface area is 125 Å². The smallest absolute Gasteiger partial charge is 0.407 e. The normalized spacial score (nSPS) is 17.8. The Balaban J connectivity index is 2.05. The van der Waals surface area contributed by atoms with Crippen LogP contribution in [0.15, 0.2) is 29.6 Å². The molecule has 21 heavy (non-hydrogen) atoms. The zero-order valence-corrected chi connectivity index (χ0v) is 12.2. The third kappa shape index (κ3) is 2.58. The van der Waals surface area contributed by atoms with E-state index < -0.39 is 6.09 Å². The third-order valence-corrected chi connectivity index (χ3v) is 4.34. The van der Waals surface area contributed by atoms with Gasteiger partial charge in [-0.05, 0) is 13.0 Å². The van der Waals surface area contributed by atoms with Crippen molar-refractivity contribution in [3.05, 3.63) is 40.3 Å². The molecule has 1 amide bonds. The monoisotopic (exact) mass is 307 g/mol. The molecule has 2 aromatic rings. The number of thiophene rings is 1. The van der Waals surface area contributed by atoms with Crippen molar-refractivity contribution in [3.63, 3.8) is 0 Å². The van der Waals surface area contributed by atoms with Crippen LogP contribution in [0.25, 0.3) is 11.1 Å². The Bertz CT molecular complexity index is 685. The molecule has 6 heteroatoms. The second-order valence-electron chi connectivity index (χ2n) is 4.97. The van der Waals surface area contributed by atoms with Gasteiger partial charge in [-0.1, -0.05) is 18.2 Å².